The van der Waals surface area contributed by atoms with Gasteiger partial charge < -0.3 is 33.2 Å². The van der Waals surface area contributed by atoms with Crippen molar-refractivity contribution in [2.75, 3.05) is 47.3 Å². The maximum Gasteiger partial charge on any atom is 0.333 e. The summed E-state index contributed by atoms with van der Waals surface area (Å²) in [4.78, 5) is 75.6. The number of benzene rings is 4. The van der Waals surface area contributed by atoms with Gasteiger partial charge in [-0.1, -0.05) is 114 Å². The Kier molecular flexibility index (Phi) is 24.2. The molecule has 1 saturated carbocycles. The molecule has 0 aliphatic heterocycles. The van der Waals surface area contributed by atoms with Crippen LogP contribution in [0.1, 0.15) is 121 Å². The number of ether oxygens (including phenoxy) is 7. The number of carbonyl (C=O) groups excluding carboxylic acids is 6. The van der Waals surface area contributed by atoms with Gasteiger partial charge in [-0.15, -0.1) is 0 Å². The molecule has 15 heteroatoms. The SMILES string of the molecule is C=C(C)C(=O)OCCCc1cc(-c2ccc(-c3c(F)cc(-c4ccc(C5CCC(CCCCC)CC5)cc4)cc3F)cc2CC)ccc1OCC(COC(=O)CC(=C)C(=O)OC)(COC(=O)CC(=C)C(=O)OC)COC(=O)C(=C)C. The lowest BCUT2D eigenvalue weighted by Crippen LogP contribution is -2.44. The predicted molar refractivity (Wildman–Crippen MR) is 302 cm³/mol. The summed E-state index contributed by atoms with van der Waals surface area (Å²) in [7, 11) is 2.25. The molecule has 4 aromatic carbocycles. The van der Waals surface area contributed by atoms with Gasteiger partial charge in [-0.25, -0.2) is 28.0 Å². The molecule has 0 atom stereocenters. The number of unbranched alkanes of at least 4 members (excludes halogenated alkanes) is 2. The normalized spacial score (nSPS) is 14.0. The zero-order valence-corrected chi connectivity index (χ0v) is 47.2. The van der Waals surface area contributed by atoms with Crippen molar-refractivity contribution in [3.8, 4) is 39.1 Å². The van der Waals surface area contributed by atoms with Crippen LogP contribution < -0.4 is 4.74 Å². The highest BCUT2D eigenvalue weighted by Gasteiger charge is 2.38. The Bertz CT molecular complexity index is 2840. The van der Waals surface area contributed by atoms with Crippen LogP contribution >= 0.6 is 0 Å². The van der Waals surface area contributed by atoms with Crippen molar-refractivity contribution in [3.05, 3.63) is 150 Å². The fraction of sp³-hybridized carbons (Fsp3) is 0.415. The zero-order chi connectivity index (χ0) is 58.5. The summed E-state index contributed by atoms with van der Waals surface area (Å²) in [6.45, 7) is 19.4. The molecule has 4 aromatic rings. The summed E-state index contributed by atoms with van der Waals surface area (Å²) < 4.78 is 70.5. The van der Waals surface area contributed by atoms with Crippen molar-refractivity contribution in [1.82, 2.24) is 0 Å². The van der Waals surface area contributed by atoms with Crippen molar-refractivity contribution in [1.29, 1.82) is 0 Å². The molecule has 5 rings (SSSR count). The Balaban J connectivity index is 1.45. The van der Waals surface area contributed by atoms with E-state index in [0.29, 0.717) is 41.2 Å². The van der Waals surface area contributed by atoms with Gasteiger partial charge in [0.1, 0.15) is 49.2 Å². The fourth-order valence-electron chi connectivity index (χ4n) is 9.56. The molecule has 0 radical (unpaired) electrons. The summed E-state index contributed by atoms with van der Waals surface area (Å²) in [5.74, 6) is -4.71. The molecule has 0 unspecified atom stereocenters. The molecule has 0 bridgehead atoms. The molecule has 0 aromatic heterocycles. The molecule has 1 fully saturated rings. The predicted octanol–water partition coefficient (Wildman–Crippen LogP) is 13.2. The molecular formula is C65H76F2O13. The van der Waals surface area contributed by atoms with Gasteiger partial charge in [0.2, 0.25) is 0 Å². The fourth-order valence-corrected chi connectivity index (χ4v) is 9.56. The summed E-state index contributed by atoms with van der Waals surface area (Å²) >= 11 is 0. The van der Waals surface area contributed by atoms with Crippen LogP contribution in [0.15, 0.2) is 121 Å². The Morgan fingerprint density at radius 1 is 0.575 bits per heavy atom. The first-order chi connectivity index (χ1) is 38.2. The lowest BCUT2D eigenvalue weighted by Gasteiger charge is -2.32. The van der Waals surface area contributed by atoms with Gasteiger partial charge in [-0.2, -0.15) is 0 Å². The highest BCUT2D eigenvalue weighted by molar-refractivity contribution is 5.94. The minimum absolute atomic E-state index is 0.0199. The monoisotopic (exact) mass is 1100 g/mol. The van der Waals surface area contributed by atoms with E-state index < -0.39 is 92.1 Å². The third-order valence-electron chi connectivity index (χ3n) is 14.3. The minimum Gasteiger partial charge on any atom is -0.492 e. The van der Waals surface area contributed by atoms with Crippen LogP contribution in [0, 0.1) is 23.0 Å². The van der Waals surface area contributed by atoms with E-state index in [-0.39, 0.29) is 40.9 Å². The van der Waals surface area contributed by atoms with Crippen LogP contribution in [0.5, 0.6) is 5.75 Å². The maximum absolute atomic E-state index is 16.2. The number of aryl methyl sites for hydroxylation is 2. The van der Waals surface area contributed by atoms with Crippen LogP contribution in [0.3, 0.4) is 0 Å². The van der Waals surface area contributed by atoms with Crippen molar-refractivity contribution in [3.63, 3.8) is 0 Å². The summed E-state index contributed by atoms with van der Waals surface area (Å²) in [6, 6.07) is 21.5. The average molecular weight is 1100 g/mol. The van der Waals surface area contributed by atoms with E-state index in [0.717, 1.165) is 55.2 Å². The minimum atomic E-state index is -1.65. The van der Waals surface area contributed by atoms with E-state index in [1.807, 2.05) is 25.1 Å². The number of carbonyl (C=O) groups is 6. The molecule has 1 aliphatic rings. The highest BCUT2D eigenvalue weighted by atomic mass is 19.1. The summed E-state index contributed by atoms with van der Waals surface area (Å²) in [6.07, 6.45) is 9.88. The van der Waals surface area contributed by atoms with Gasteiger partial charge in [0.25, 0.3) is 0 Å². The molecule has 0 spiro atoms. The molecular weight excluding hydrogens is 1030 g/mol. The van der Waals surface area contributed by atoms with Gasteiger partial charge in [0, 0.05) is 22.3 Å². The quantitative estimate of drug-likeness (QED) is 0.0210. The molecule has 13 nitrogen and oxygen atoms in total. The van der Waals surface area contributed by atoms with Gasteiger partial charge in [0.15, 0.2) is 0 Å². The highest BCUT2D eigenvalue weighted by Crippen LogP contribution is 2.40. The maximum atomic E-state index is 16.2. The van der Waals surface area contributed by atoms with Gasteiger partial charge in [0.05, 0.1) is 39.2 Å². The topological polar surface area (TPSA) is 167 Å². The van der Waals surface area contributed by atoms with Crippen molar-refractivity contribution >= 4 is 35.8 Å². The third-order valence-corrected chi connectivity index (χ3v) is 14.3. The van der Waals surface area contributed by atoms with Crippen LogP contribution in [0.2, 0.25) is 0 Å². The molecule has 0 amide bonds. The molecule has 428 valence electrons. The van der Waals surface area contributed by atoms with E-state index in [1.165, 1.54) is 70.1 Å². The van der Waals surface area contributed by atoms with Gasteiger partial charge in [-0.3, -0.25) is 9.59 Å². The van der Waals surface area contributed by atoms with E-state index in [1.54, 1.807) is 30.3 Å². The molecule has 0 saturated heterocycles. The van der Waals surface area contributed by atoms with Crippen molar-refractivity contribution < 1.29 is 70.7 Å². The van der Waals surface area contributed by atoms with Crippen molar-refractivity contribution in [2.45, 2.75) is 117 Å². The molecule has 0 N–H and O–H groups in total. The lowest BCUT2D eigenvalue weighted by atomic mass is 9.77. The first kappa shape index (κ1) is 63.2. The first-order valence-electron chi connectivity index (χ1n) is 27.2. The third kappa shape index (κ3) is 18.2. The molecule has 1 aliphatic carbocycles. The number of rotatable bonds is 30. The van der Waals surface area contributed by atoms with E-state index in [4.69, 9.17) is 23.7 Å². The van der Waals surface area contributed by atoms with Crippen LogP contribution in [0.4, 0.5) is 8.78 Å². The van der Waals surface area contributed by atoms with E-state index in [9.17, 15) is 28.8 Å². The second-order valence-corrected chi connectivity index (χ2v) is 20.7. The van der Waals surface area contributed by atoms with Gasteiger partial charge in [-0.05, 0) is 139 Å². The van der Waals surface area contributed by atoms with Gasteiger partial charge >= 0.3 is 35.8 Å². The largest absolute Gasteiger partial charge is 0.492 e. The second-order valence-electron chi connectivity index (χ2n) is 20.7. The number of hydrogen-bond acceptors (Lipinski definition) is 13. The zero-order valence-electron chi connectivity index (χ0n) is 47.2. The number of halogens is 2. The Morgan fingerprint density at radius 2 is 1.11 bits per heavy atom. The average Bonchev–Trinajstić information content (AvgIpc) is 3.45. The second kappa shape index (κ2) is 30.6. The van der Waals surface area contributed by atoms with E-state index >= 15 is 8.78 Å². The number of hydrogen-bond donors (Lipinski definition) is 0. The lowest BCUT2D eigenvalue weighted by molar-refractivity contribution is -0.163. The first-order valence-corrected chi connectivity index (χ1v) is 27.2. The molecule has 80 heavy (non-hydrogen) atoms. The Labute approximate surface area is 469 Å². The smallest absolute Gasteiger partial charge is 0.333 e. The van der Waals surface area contributed by atoms with E-state index in [2.05, 4.69) is 54.8 Å². The molecule has 0 heterocycles. The standard InChI is InChI=1S/C65H76F2O13/c1-11-13-14-16-45-18-20-47(21-19-45)48-22-24-49(25-23-48)53-35-55(66)60(56(67)36-53)52-26-28-54(46(12-2)33-52)50-27-29-57(51(34-50)17-15-30-76-61(70)41(3)4)77-37-65(40-80-62(71)42(5)6,38-78-58(68)31-43(7)63(72)74-9)39-79-59(69)32-44(8)64(73)75-10/h22-29,33-36,45,47H,3,5,7-8,11-21,30-32,37-40H2,1-2,4,6,9-10H3. The van der Waals surface area contributed by atoms with Crippen LogP contribution in [-0.2, 0) is 70.0 Å². The van der Waals surface area contributed by atoms with Crippen LogP contribution in [-0.4, -0.2) is 83.1 Å². The summed E-state index contributed by atoms with van der Waals surface area (Å²) in [5.41, 5.74) is 3.75. The van der Waals surface area contributed by atoms with Crippen molar-refractivity contribution in [2.24, 2.45) is 11.3 Å². The number of esters is 6. The number of methoxy groups -OCH3 is 2. The Hall–Kier alpha value is -7.68. The summed E-state index contributed by atoms with van der Waals surface area (Å²) in [5, 5.41) is 0. The van der Waals surface area contributed by atoms with Crippen LogP contribution in [0.25, 0.3) is 33.4 Å². The Morgan fingerprint density at radius 3 is 1.66 bits per heavy atom.